The van der Waals surface area contributed by atoms with Crippen molar-refractivity contribution in [3.05, 3.63) is 38.9 Å². The molecule has 1 aromatic carbocycles. The van der Waals surface area contributed by atoms with E-state index in [1.54, 1.807) is 19.1 Å². The lowest BCUT2D eigenvalue weighted by atomic mass is 10.1. The molecule has 0 aliphatic heterocycles. The second-order valence-corrected chi connectivity index (χ2v) is 5.61. The Morgan fingerprint density at radius 1 is 1.50 bits per heavy atom. The molecule has 0 unspecified atom stereocenters. The van der Waals surface area contributed by atoms with Gasteiger partial charge in [-0.2, -0.15) is 0 Å². The van der Waals surface area contributed by atoms with E-state index in [2.05, 4.69) is 15.9 Å². The zero-order valence-electron chi connectivity index (χ0n) is 9.33. The van der Waals surface area contributed by atoms with Gasteiger partial charge in [-0.05, 0) is 46.1 Å². The zero-order chi connectivity index (χ0) is 13.4. The van der Waals surface area contributed by atoms with Crippen LogP contribution in [0.15, 0.2) is 22.7 Å². The third-order valence-electron chi connectivity index (χ3n) is 2.57. The standard InChI is InChI=1S/C12H9BrFNO2S/c1-5-9(15)11(12(16)17)18-10(5)6-2-3-7(13)8(14)4-6/h2-4H,15H2,1H3,(H,16,17). The molecule has 0 saturated carbocycles. The Morgan fingerprint density at radius 3 is 2.67 bits per heavy atom. The van der Waals surface area contributed by atoms with Crippen LogP contribution in [0.3, 0.4) is 0 Å². The van der Waals surface area contributed by atoms with Gasteiger partial charge in [0.25, 0.3) is 0 Å². The summed E-state index contributed by atoms with van der Waals surface area (Å²) >= 11 is 4.13. The number of anilines is 1. The van der Waals surface area contributed by atoms with Crippen molar-refractivity contribution in [3.63, 3.8) is 0 Å². The Bertz CT molecular complexity index is 639. The number of carboxylic acid groups (broad SMARTS) is 1. The summed E-state index contributed by atoms with van der Waals surface area (Å²) in [6.45, 7) is 1.73. The van der Waals surface area contributed by atoms with E-state index >= 15 is 0 Å². The first kappa shape index (κ1) is 13.0. The number of nitrogens with two attached hydrogens (primary N) is 1. The average Bonchev–Trinajstić information content (AvgIpc) is 2.60. The minimum absolute atomic E-state index is 0.0887. The van der Waals surface area contributed by atoms with Crippen LogP contribution >= 0.6 is 27.3 Å². The van der Waals surface area contributed by atoms with Crippen molar-refractivity contribution in [1.29, 1.82) is 0 Å². The lowest BCUT2D eigenvalue weighted by Gasteiger charge is -2.01. The van der Waals surface area contributed by atoms with E-state index in [1.165, 1.54) is 6.07 Å². The summed E-state index contributed by atoms with van der Waals surface area (Å²) in [5.41, 5.74) is 7.27. The normalized spacial score (nSPS) is 10.6. The fourth-order valence-electron chi connectivity index (χ4n) is 1.60. The lowest BCUT2D eigenvalue weighted by molar-refractivity contribution is 0.0703. The minimum Gasteiger partial charge on any atom is -0.477 e. The van der Waals surface area contributed by atoms with E-state index in [0.29, 0.717) is 20.5 Å². The Hall–Kier alpha value is -1.40. The highest BCUT2D eigenvalue weighted by atomic mass is 79.9. The maximum atomic E-state index is 13.5. The maximum absolute atomic E-state index is 13.5. The number of nitrogen functional groups attached to an aromatic ring is 1. The minimum atomic E-state index is -1.07. The number of benzene rings is 1. The number of carboxylic acids is 1. The number of rotatable bonds is 2. The van der Waals surface area contributed by atoms with Crippen molar-refractivity contribution in [2.45, 2.75) is 6.92 Å². The predicted molar refractivity (Wildman–Crippen MR) is 73.5 cm³/mol. The van der Waals surface area contributed by atoms with Crippen LogP contribution in [-0.2, 0) is 0 Å². The fourth-order valence-corrected chi connectivity index (χ4v) is 2.91. The summed E-state index contributed by atoms with van der Waals surface area (Å²) in [6.07, 6.45) is 0. The zero-order valence-corrected chi connectivity index (χ0v) is 11.7. The molecule has 0 radical (unpaired) electrons. The van der Waals surface area contributed by atoms with Crippen LogP contribution in [0.2, 0.25) is 0 Å². The average molecular weight is 330 g/mol. The van der Waals surface area contributed by atoms with Crippen molar-refractivity contribution in [1.82, 2.24) is 0 Å². The molecule has 0 atom stereocenters. The molecule has 1 aromatic heterocycles. The summed E-state index contributed by atoms with van der Waals surface area (Å²) in [6, 6.07) is 4.66. The summed E-state index contributed by atoms with van der Waals surface area (Å²) in [5.74, 6) is -1.46. The van der Waals surface area contributed by atoms with Crippen LogP contribution < -0.4 is 5.73 Å². The largest absolute Gasteiger partial charge is 0.477 e. The SMILES string of the molecule is Cc1c(-c2ccc(Br)c(F)c2)sc(C(=O)O)c1N. The highest BCUT2D eigenvalue weighted by Gasteiger charge is 2.19. The van der Waals surface area contributed by atoms with Gasteiger partial charge in [0, 0.05) is 4.88 Å². The Balaban J connectivity index is 2.61. The number of thiophene rings is 1. The highest BCUT2D eigenvalue weighted by molar-refractivity contribution is 9.10. The molecule has 3 nitrogen and oxygen atoms in total. The number of aromatic carboxylic acids is 1. The van der Waals surface area contributed by atoms with Crippen molar-refractivity contribution in [2.24, 2.45) is 0 Å². The van der Waals surface area contributed by atoms with Gasteiger partial charge >= 0.3 is 5.97 Å². The smallest absolute Gasteiger partial charge is 0.348 e. The van der Waals surface area contributed by atoms with Crippen LogP contribution in [-0.4, -0.2) is 11.1 Å². The van der Waals surface area contributed by atoms with E-state index in [0.717, 1.165) is 11.3 Å². The molecular weight excluding hydrogens is 321 g/mol. The second-order valence-electron chi connectivity index (χ2n) is 3.73. The van der Waals surface area contributed by atoms with Gasteiger partial charge in [-0.3, -0.25) is 0 Å². The summed E-state index contributed by atoms with van der Waals surface area (Å²) in [5, 5.41) is 9.00. The van der Waals surface area contributed by atoms with Crippen molar-refractivity contribution in [3.8, 4) is 10.4 Å². The molecule has 1 heterocycles. The first-order chi connectivity index (χ1) is 8.41. The molecule has 2 rings (SSSR count). The Labute approximate surface area is 115 Å². The van der Waals surface area contributed by atoms with Gasteiger partial charge in [-0.15, -0.1) is 11.3 Å². The molecule has 2 aromatic rings. The summed E-state index contributed by atoms with van der Waals surface area (Å²) in [4.78, 5) is 11.8. The van der Waals surface area contributed by atoms with E-state index in [-0.39, 0.29) is 10.6 Å². The van der Waals surface area contributed by atoms with Crippen molar-refractivity contribution < 1.29 is 14.3 Å². The Kier molecular flexibility index (Phi) is 3.41. The van der Waals surface area contributed by atoms with Gasteiger partial charge in [0.1, 0.15) is 10.7 Å². The molecule has 0 fully saturated rings. The Morgan fingerprint density at radius 2 is 2.17 bits per heavy atom. The molecule has 0 saturated heterocycles. The van der Waals surface area contributed by atoms with Gasteiger partial charge in [-0.25, -0.2) is 9.18 Å². The van der Waals surface area contributed by atoms with Gasteiger partial charge in [-0.1, -0.05) is 6.07 Å². The third-order valence-corrected chi connectivity index (χ3v) is 4.56. The molecule has 0 aliphatic carbocycles. The molecule has 0 spiro atoms. The number of hydrogen-bond acceptors (Lipinski definition) is 3. The van der Waals surface area contributed by atoms with Crippen molar-refractivity contribution in [2.75, 3.05) is 5.73 Å². The van der Waals surface area contributed by atoms with Crippen molar-refractivity contribution >= 4 is 38.9 Å². The third kappa shape index (κ3) is 2.13. The molecule has 0 amide bonds. The van der Waals surface area contributed by atoms with Crippen LogP contribution in [0.5, 0.6) is 0 Å². The van der Waals surface area contributed by atoms with E-state index in [1.807, 2.05) is 0 Å². The monoisotopic (exact) mass is 329 g/mol. The molecule has 94 valence electrons. The molecule has 0 aliphatic rings. The molecular formula is C12H9BrFNO2S. The number of carbonyl (C=O) groups is 1. The van der Waals surface area contributed by atoms with E-state index in [4.69, 9.17) is 10.8 Å². The fraction of sp³-hybridized carbons (Fsp3) is 0.0833. The molecule has 6 heteroatoms. The predicted octanol–water partition coefficient (Wildman–Crippen LogP) is 3.91. The molecule has 18 heavy (non-hydrogen) atoms. The maximum Gasteiger partial charge on any atom is 0.348 e. The van der Waals surface area contributed by atoms with Gasteiger partial charge in [0.15, 0.2) is 0 Å². The van der Waals surface area contributed by atoms with Crippen LogP contribution in [0.25, 0.3) is 10.4 Å². The van der Waals surface area contributed by atoms with Crippen LogP contribution in [0, 0.1) is 12.7 Å². The number of halogens is 2. The van der Waals surface area contributed by atoms with Crippen LogP contribution in [0.4, 0.5) is 10.1 Å². The molecule has 0 bridgehead atoms. The molecule has 3 N–H and O–H groups in total. The van der Waals surface area contributed by atoms with Crippen LogP contribution in [0.1, 0.15) is 15.2 Å². The number of hydrogen-bond donors (Lipinski definition) is 2. The first-order valence-electron chi connectivity index (χ1n) is 4.99. The van der Waals surface area contributed by atoms with E-state index < -0.39 is 11.8 Å². The quantitative estimate of drug-likeness (QED) is 0.878. The van der Waals surface area contributed by atoms with Gasteiger partial charge in [0.05, 0.1) is 10.2 Å². The summed E-state index contributed by atoms with van der Waals surface area (Å²) in [7, 11) is 0. The van der Waals surface area contributed by atoms with Gasteiger partial charge < -0.3 is 10.8 Å². The highest BCUT2D eigenvalue weighted by Crippen LogP contribution is 2.38. The van der Waals surface area contributed by atoms with Gasteiger partial charge in [0.2, 0.25) is 0 Å². The lowest BCUT2D eigenvalue weighted by Crippen LogP contribution is -1.97. The topological polar surface area (TPSA) is 63.3 Å². The second kappa shape index (κ2) is 4.70. The van der Waals surface area contributed by atoms with E-state index in [9.17, 15) is 9.18 Å². The summed E-state index contributed by atoms with van der Waals surface area (Å²) < 4.78 is 13.8. The first-order valence-corrected chi connectivity index (χ1v) is 6.60.